The molecule has 13 heavy (non-hydrogen) atoms. The summed E-state index contributed by atoms with van der Waals surface area (Å²) in [5, 5.41) is 8.15. The molecule has 0 bridgehead atoms. The second kappa shape index (κ2) is 8.28. The Kier molecular flexibility index (Phi) is 10.4. The van der Waals surface area contributed by atoms with Gasteiger partial charge in [-0.05, 0) is 6.42 Å². The van der Waals surface area contributed by atoms with Crippen LogP contribution < -0.4 is 51.4 Å². The van der Waals surface area contributed by atoms with E-state index in [9.17, 15) is 17.7 Å². The smallest absolute Gasteiger partial charge is 0.481 e. The third kappa shape index (κ3) is 15.7. The Morgan fingerprint density at radius 3 is 2.08 bits per heavy atom. The van der Waals surface area contributed by atoms with Crippen LogP contribution in [0.5, 0.6) is 0 Å². The zero-order valence-corrected chi connectivity index (χ0v) is 10.7. The monoisotopic (exact) mass is 222 g/mol. The molecule has 7 heteroatoms. The Bertz CT molecular complexity index is 151. The molecule has 0 rings (SSSR count). The van der Waals surface area contributed by atoms with Gasteiger partial charge in [-0.2, -0.15) is 0 Å². The Balaban J connectivity index is 0. The van der Waals surface area contributed by atoms with E-state index < -0.39 is 19.3 Å². The van der Waals surface area contributed by atoms with Crippen molar-refractivity contribution in [3.8, 4) is 0 Å². The summed E-state index contributed by atoms with van der Waals surface area (Å²) in [5.41, 5.74) is 0. The molecule has 0 saturated carbocycles. The SMILES string of the molecule is O=C(O)CCCCC[B-](F)(F)F.[K+]. The molecule has 0 aliphatic rings. The van der Waals surface area contributed by atoms with Crippen molar-refractivity contribution in [3.05, 3.63) is 0 Å². The van der Waals surface area contributed by atoms with Gasteiger partial charge < -0.3 is 18.1 Å². The average Bonchev–Trinajstić information content (AvgIpc) is 1.83. The topological polar surface area (TPSA) is 37.3 Å². The van der Waals surface area contributed by atoms with Crippen LogP contribution in [0.1, 0.15) is 25.7 Å². The van der Waals surface area contributed by atoms with Gasteiger partial charge in [-0.25, -0.2) is 0 Å². The Labute approximate surface area is 118 Å². The van der Waals surface area contributed by atoms with Gasteiger partial charge >= 0.3 is 64.3 Å². The van der Waals surface area contributed by atoms with Gasteiger partial charge in [-0.1, -0.05) is 19.2 Å². The van der Waals surface area contributed by atoms with Crippen LogP contribution in [0.3, 0.4) is 0 Å². The normalized spacial score (nSPS) is 10.7. The van der Waals surface area contributed by atoms with Crippen LogP contribution >= 0.6 is 0 Å². The third-order valence-corrected chi connectivity index (χ3v) is 1.42. The number of unbranched alkanes of at least 4 members (excludes halogenated alkanes) is 2. The minimum Gasteiger partial charge on any atom is -0.481 e. The average molecular weight is 222 g/mol. The molecule has 1 N–H and O–H groups in total. The fraction of sp³-hybridized carbons (Fsp3) is 0.833. The zero-order valence-electron chi connectivity index (χ0n) is 7.60. The largest absolute Gasteiger partial charge is 1.00 e. The number of aliphatic carboxylic acids is 1. The van der Waals surface area contributed by atoms with Crippen LogP contribution in [0.25, 0.3) is 0 Å². The van der Waals surface area contributed by atoms with E-state index in [0.29, 0.717) is 12.8 Å². The summed E-state index contributed by atoms with van der Waals surface area (Å²) in [4.78, 5) is 9.94. The summed E-state index contributed by atoms with van der Waals surface area (Å²) in [6.07, 6.45) is -0.0592. The van der Waals surface area contributed by atoms with E-state index in [4.69, 9.17) is 5.11 Å². The van der Waals surface area contributed by atoms with Crippen molar-refractivity contribution >= 4 is 12.9 Å². The maximum absolute atomic E-state index is 11.6. The molecule has 0 aromatic carbocycles. The predicted molar refractivity (Wildman–Crippen MR) is 40.0 cm³/mol. The van der Waals surface area contributed by atoms with Crippen molar-refractivity contribution in [2.24, 2.45) is 0 Å². The van der Waals surface area contributed by atoms with Crippen molar-refractivity contribution in [2.45, 2.75) is 32.0 Å². The van der Waals surface area contributed by atoms with Crippen molar-refractivity contribution < 1.29 is 74.2 Å². The van der Waals surface area contributed by atoms with E-state index in [1.165, 1.54) is 0 Å². The predicted octanol–water partition coefficient (Wildman–Crippen LogP) is -0.517. The van der Waals surface area contributed by atoms with Crippen LogP contribution in [0.15, 0.2) is 0 Å². The minimum atomic E-state index is -4.68. The quantitative estimate of drug-likeness (QED) is 0.485. The molecule has 0 fully saturated rings. The molecule has 0 aliphatic carbocycles. The zero-order chi connectivity index (χ0) is 9.61. The van der Waals surface area contributed by atoms with E-state index in [1.54, 1.807) is 0 Å². The standard InChI is InChI=1S/C6H11BF3O2.K/c8-7(9,10)5-3-1-2-4-6(11)12;/h1-5H2,(H,11,12);/q-1;+1. The minimum absolute atomic E-state index is 0. The molecule has 0 aromatic rings. The fourth-order valence-corrected chi connectivity index (χ4v) is 0.829. The molecule has 0 saturated heterocycles. The number of hydrogen-bond acceptors (Lipinski definition) is 1. The van der Waals surface area contributed by atoms with Gasteiger partial charge in [-0.15, -0.1) is 0 Å². The fourth-order valence-electron chi connectivity index (χ4n) is 0.829. The van der Waals surface area contributed by atoms with E-state index in [2.05, 4.69) is 0 Å². The number of carboxylic acid groups (broad SMARTS) is 1. The molecule has 72 valence electrons. The van der Waals surface area contributed by atoms with Crippen molar-refractivity contribution in [3.63, 3.8) is 0 Å². The number of halogens is 3. The molecule has 0 unspecified atom stereocenters. The first-order valence-corrected chi connectivity index (χ1v) is 3.84. The molecular weight excluding hydrogens is 211 g/mol. The van der Waals surface area contributed by atoms with Crippen LogP contribution in [0.2, 0.25) is 6.32 Å². The summed E-state index contributed by atoms with van der Waals surface area (Å²) in [7, 11) is 0. The number of carbonyl (C=O) groups is 1. The Morgan fingerprint density at radius 2 is 1.69 bits per heavy atom. The second-order valence-corrected chi connectivity index (χ2v) is 2.70. The molecule has 2 nitrogen and oxygen atoms in total. The van der Waals surface area contributed by atoms with Gasteiger partial charge in [0.1, 0.15) is 0 Å². The van der Waals surface area contributed by atoms with Crippen molar-refractivity contribution in [2.75, 3.05) is 0 Å². The first-order valence-electron chi connectivity index (χ1n) is 3.84. The van der Waals surface area contributed by atoms with Gasteiger partial charge in [0, 0.05) is 6.42 Å². The molecule has 0 aliphatic heterocycles. The van der Waals surface area contributed by atoms with Crippen LogP contribution in [0, 0.1) is 0 Å². The van der Waals surface area contributed by atoms with E-state index >= 15 is 0 Å². The van der Waals surface area contributed by atoms with E-state index in [1.807, 2.05) is 0 Å². The first-order chi connectivity index (χ1) is 5.42. The summed E-state index contributed by atoms with van der Waals surface area (Å²) in [6.45, 7) is -4.68. The molecule has 0 radical (unpaired) electrons. The summed E-state index contributed by atoms with van der Waals surface area (Å²) in [6, 6.07) is 0. The van der Waals surface area contributed by atoms with Crippen LogP contribution in [-0.2, 0) is 4.79 Å². The summed E-state index contributed by atoms with van der Waals surface area (Å²) < 4.78 is 34.8. The maximum Gasteiger partial charge on any atom is 1.00 e. The van der Waals surface area contributed by atoms with Gasteiger partial charge in [-0.3, -0.25) is 4.79 Å². The second-order valence-electron chi connectivity index (χ2n) is 2.70. The molecular formula is C6H11BF3KO2. The van der Waals surface area contributed by atoms with Crippen molar-refractivity contribution in [1.29, 1.82) is 0 Å². The number of hydrogen-bond donors (Lipinski definition) is 1. The van der Waals surface area contributed by atoms with Gasteiger partial charge in [0.25, 0.3) is 0 Å². The number of rotatable bonds is 6. The van der Waals surface area contributed by atoms with Gasteiger partial charge in [0.15, 0.2) is 0 Å². The molecule has 0 atom stereocenters. The molecule has 0 heterocycles. The van der Waals surface area contributed by atoms with Gasteiger partial charge in [0.05, 0.1) is 0 Å². The Morgan fingerprint density at radius 1 is 1.15 bits per heavy atom. The molecule has 0 amide bonds. The third-order valence-electron chi connectivity index (χ3n) is 1.42. The maximum atomic E-state index is 11.6. The van der Waals surface area contributed by atoms with Crippen molar-refractivity contribution in [1.82, 2.24) is 0 Å². The molecule has 0 aromatic heterocycles. The summed E-state index contributed by atoms with van der Waals surface area (Å²) >= 11 is 0. The van der Waals surface area contributed by atoms with E-state index in [0.717, 1.165) is 0 Å². The Hall–Kier alpha value is 0.961. The van der Waals surface area contributed by atoms with E-state index in [-0.39, 0.29) is 64.2 Å². The number of carboxylic acids is 1. The summed E-state index contributed by atoms with van der Waals surface area (Å²) in [5.74, 6) is -0.951. The first kappa shape index (κ1) is 16.4. The van der Waals surface area contributed by atoms with Gasteiger partial charge in [0.2, 0.25) is 0 Å². The molecule has 0 spiro atoms. The van der Waals surface area contributed by atoms with Crippen LogP contribution in [-0.4, -0.2) is 18.1 Å². The van der Waals surface area contributed by atoms with Crippen LogP contribution in [0.4, 0.5) is 12.9 Å².